The predicted molar refractivity (Wildman–Crippen MR) is 119 cm³/mol. The second-order valence-corrected chi connectivity index (χ2v) is 8.87. The standard InChI is InChI=1S/C21H18Cl2N2O4S/c1-14-5-7-15(8-6-14)25-30(27,28)17-11-9-16(10-12-17)29-13-20(26)24-21-18(22)3-2-4-19(21)23/h2-12,25H,13H2,1H3,(H,24,26). The average Bonchev–Trinajstić information content (AvgIpc) is 2.71. The van der Waals surface area contributed by atoms with Crippen LogP contribution in [0.5, 0.6) is 5.75 Å². The van der Waals surface area contributed by atoms with Crippen LogP contribution in [0.1, 0.15) is 5.56 Å². The van der Waals surface area contributed by atoms with Gasteiger partial charge in [0.15, 0.2) is 6.61 Å². The van der Waals surface area contributed by atoms with Gasteiger partial charge in [-0.2, -0.15) is 0 Å². The number of anilines is 2. The fourth-order valence-corrected chi connectivity index (χ4v) is 4.04. The fourth-order valence-electron chi connectivity index (χ4n) is 2.49. The summed E-state index contributed by atoms with van der Waals surface area (Å²) in [6, 6.07) is 17.6. The molecule has 0 aromatic heterocycles. The average molecular weight is 465 g/mol. The summed E-state index contributed by atoms with van der Waals surface area (Å²) in [7, 11) is -3.74. The van der Waals surface area contributed by atoms with E-state index in [0.29, 0.717) is 27.2 Å². The lowest BCUT2D eigenvalue weighted by Crippen LogP contribution is -2.20. The van der Waals surface area contributed by atoms with Crippen LogP contribution in [-0.4, -0.2) is 20.9 Å². The molecule has 0 aliphatic heterocycles. The number of rotatable bonds is 7. The molecule has 0 heterocycles. The first-order chi connectivity index (χ1) is 14.2. The molecular weight excluding hydrogens is 447 g/mol. The molecule has 0 spiro atoms. The van der Waals surface area contributed by atoms with Gasteiger partial charge in [0.1, 0.15) is 5.75 Å². The number of halogens is 2. The molecule has 3 aromatic carbocycles. The third kappa shape index (κ3) is 5.66. The molecule has 1 amide bonds. The highest BCUT2D eigenvalue weighted by Gasteiger charge is 2.15. The molecule has 3 aromatic rings. The topological polar surface area (TPSA) is 84.5 Å². The van der Waals surface area contributed by atoms with Gasteiger partial charge in [0.25, 0.3) is 15.9 Å². The second kappa shape index (κ2) is 9.38. The Morgan fingerprint density at radius 1 is 0.933 bits per heavy atom. The van der Waals surface area contributed by atoms with E-state index in [4.69, 9.17) is 27.9 Å². The highest BCUT2D eigenvalue weighted by Crippen LogP contribution is 2.29. The van der Waals surface area contributed by atoms with Crippen LogP contribution >= 0.6 is 23.2 Å². The molecule has 6 nitrogen and oxygen atoms in total. The van der Waals surface area contributed by atoms with Crippen LogP contribution in [0, 0.1) is 6.92 Å². The van der Waals surface area contributed by atoms with E-state index in [9.17, 15) is 13.2 Å². The molecule has 0 saturated heterocycles. The number of benzene rings is 3. The Morgan fingerprint density at radius 2 is 1.53 bits per heavy atom. The van der Waals surface area contributed by atoms with E-state index >= 15 is 0 Å². The zero-order chi connectivity index (χ0) is 21.7. The summed E-state index contributed by atoms with van der Waals surface area (Å²) in [4.78, 5) is 12.2. The quantitative estimate of drug-likeness (QED) is 0.507. The normalized spacial score (nSPS) is 11.0. The van der Waals surface area contributed by atoms with Crippen molar-refractivity contribution in [3.8, 4) is 5.75 Å². The lowest BCUT2D eigenvalue weighted by molar-refractivity contribution is -0.118. The zero-order valence-electron chi connectivity index (χ0n) is 15.9. The molecule has 0 unspecified atom stereocenters. The lowest BCUT2D eigenvalue weighted by Gasteiger charge is -2.11. The van der Waals surface area contributed by atoms with Crippen molar-refractivity contribution in [1.82, 2.24) is 0 Å². The minimum Gasteiger partial charge on any atom is -0.484 e. The van der Waals surface area contributed by atoms with Crippen molar-refractivity contribution >= 4 is 50.5 Å². The Labute approximate surface area is 184 Å². The van der Waals surface area contributed by atoms with Crippen LogP contribution in [0.2, 0.25) is 10.0 Å². The van der Waals surface area contributed by atoms with Gasteiger partial charge in [-0.3, -0.25) is 9.52 Å². The SMILES string of the molecule is Cc1ccc(NS(=O)(=O)c2ccc(OCC(=O)Nc3c(Cl)cccc3Cl)cc2)cc1. The van der Waals surface area contributed by atoms with Crippen molar-refractivity contribution in [2.75, 3.05) is 16.6 Å². The van der Waals surface area contributed by atoms with Gasteiger partial charge in [-0.15, -0.1) is 0 Å². The van der Waals surface area contributed by atoms with Crippen LogP contribution in [0.4, 0.5) is 11.4 Å². The Balaban J connectivity index is 1.60. The largest absolute Gasteiger partial charge is 0.484 e. The second-order valence-electron chi connectivity index (χ2n) is 6.38. The number of carbonyl (C=O) groups is 1. The summed E-state index contributed by atoms with van der Waals surface area (Å²) >= 11 is 12.0. The number of sulfonamides is 1. The molecule has 30 heavy (non-hydrogen) atoms. The van der Waals surface area contributed by atoms with Crippen LogP contribution in [0.15, 0.2) is 71.6 Å². The van der Waals surface area contributed by atoms with Gasteiger partial charge < -0.3 is 10.1 Å². The molecule has 0 fully saturated rings. The van der Waals surface area contributed by atoms with E-state index in [0.717, 1.165) is 5.56 Å². The summed E-state index contributed by atoms with van der Waals surface area (Å²) < 4.78 is 32.9. The van der Waals surface area contributed by atoms with E-state index in [1.807, 2.05) is 19.1 Å². The Kier molecular flexibility index (Phi) is 6.87. The number of hydrogen-bond donors (Lipinski definition) is 2. The number of ether oxygens (including phenoxy) is 1. The smallest absolute Gasteiger partial charge is 0.262 e. The van der Waals surface area contributed by atoms with Crippen molar-refractivity contribution in [3.63, 3.8) is 0 Å². The van der Waals surface area contributed by atoms with Gasteiger partial charge in [-0.05, 0) is 55.5 Å². The van der Waals surface area contributed by atoms with Crippen LogP contribution in [0.25, 0.3) is 0 Å². The van der Waals surface area contributed by atoms with Gasteiger partial charge in [-0.1, -0.05) is 47.0 Å². The molecule has 0 aliphatic carbocycles. The van der Waals surface area contributed by atoms with E-state index in [2.05, 4.69) is 10.0 Å². The number of nitrogens with one attached hydrogen (secondary N) is 2. The van der Waals surface area contributed by atoms with Crippen molar-refractivity contribution in [2.24, 2.45) is 0 Å². The molecule has 0 atom stereocenters. The van der Waals surface area contributed by atoms with Gasteiger partial charge in [0.05, 0.1) is 20.6 Å². The van der Waals surface area contributed by atoms with E-state index in [1.165, 1.54) is 24.3 Å². The lowest BCUT2D eigenvalue weighted by atomic mass is 10.2. The summed E-state index contributed by atoms with van der Waals surface area (Å²) in [6.07, 6.45) is 0. The molecular formula is C21H18Cl2N2O4S. The van der Waals surface area contributed by atoms with Crippen molar-refractivity contribution < 1.29 is 17.9 Å². The molecule has 9 heteroatoms. The summed E-state index contributed by atoms with van der Waals surface area (Å²) in [5.41, 5.74) is 1.80. The minimum atomic E-state index is -3.74. The number of para-hydroxylation sites is 1. The first-order valence-electron chi connectivity index (χ1n) is 8.81. The monoisotopic (exact) mass is 464 g/mol. The molecule has 156 valence electrons. The molecule has 0 saturated carbocycles. The van der Waals surface area contributed by atoms with Crippen LogP contribution < -0.4 is 14.8 Å². The van der Waals surface area contributed by atoms with E-state index in [1.54, 1.807) is 30.3 Å². The number of amides is 1. The van der Waals surface area contributed by atoms with Crippen molar-refractivity contribution in [2.45, 2.75) is 11.8 Å². The maximum Gasteiger partial charge on any atom is 0.262 e. The van der Waals surface area contributed by atoms with Gasteiger partial charge in [0, 0.05) is 5.69 Å². The minimum absolute atomic E-state index is 0.0720. The van der Waals surface area contributed by atoms with Gasteiger partial charge in [0.2, 0.25) is 0 Å². The maximum atomic E-state index is 12.5. The fraction of sp³-hybridized carbons (Fsp3) is 0.0952. The molecule has 2 N–H and O–H groups in total. The third-order valence-corrected chi connectivity index (χ3v) is 6.06. The van der Waals surface area contributed by atoms with E-state index < -0.39 is 15.9 Å². The number of carbonyl (C=O) groups excluding carboxylic acids is 1. The third-order valence-electron chi connectivity index (χ3n) is 4.03. The van der Waals surface area contributed by atoms with Crippen LogP contribution in [-0.2, 0) is 14.8 Å². The van der Waals surface area contributed by atoms with Crippen molar-refractivity contribution in [3.05, 3.63) is 82.3 Å². The highest BCUT2D eigenvalue weighted by atomic mass is 35.5. The van der Waals surface area contributed by atoms with Gasteiger partial charge in [-0.25, -0.2) is 8.42 Å². The zero-order valence-corrected chi connectivity index (χ0v) is 18.2. The van der Waals surface area contributed by atoms with Crippen LogP contribution in [0.3, 0.4) is 0 Å². The highest BCUT2D eigenvalue weighted by molar-refractivity contribution is 7.92. The molecule has 0 aliphatic rings. The summed E-state index contributed by atoms with van der Waals surface area (Å²) in [5.74, 6) is -0.118. The van der Waals surface area contributed by atoms with E-state index in [-0.39, 0.29) is 11.5 Å². The van der Waals surface area contributed by atoms with Crippen molar-refractivity contribution in [1.29, 1.82) is 0 Å². The first kappa shape index (κ1) is 22.0. The molecule has 0 bridgehead atoms. The Bertz CT molecular complexity index is 1130. The van der Waals surface area contributed by atoms with Gasteiger partial charge >= 0.3 is 0 Å². The Hall–Kier alpha value is -2.74. The summed E-state index contributed by atoms with van der Waals surface area (Å²) in [6.45, 7) is 1.62. The summed E-state index contributed by atoms with van der Waals surface area (Å²) in [5, 5.41) is 3.21. The predicted octanol–water partition coefficient (Wildman–Crippen LogP) is 5.12. The first-order valence-corrected chi connectivity index (χ1v) is 11.0. The Morgan fingerprint density at radius 3 is 2.13 bits per heavy atom. The molecule has 0 radical (unpaired) electrons. The molecule has 3 rings (SSSR count). The number of hydrogen-bond acceptors (Lipinski definition) is 4. The number of aryl methyl sites for hydroxylation is 1. The maximum absolute atomic E-state index is 12.5.